The third-order valence-electron chi connectivity index (χ3n) is 3.25. The maximum Gasteiger partial charge on any atom is -0.0279 e. The van der Waals surface area contributed by atoms with Crippen molar-refractivity contribution in [2.75, 3.05) is 0 Å². The average molecular weight is 218 g/mol. The molecular formula is C16H26. The number of rotatable bonds is 7. The Balaban J connectivity index is 2.57. The van der Waals surface area contributed by atoms with Crippen molar-refractivity contribution in [3.05, 3.63) is 34.9 Å². The van der Waals surface area contributed by atoms with Gasteiger partial charge in [0, 0.05) is 0 Å². The van der Waals surface area contributed by atoms with Gasteiger partial charge in [0.2, 0.25) is 0 Å². The molecule has 0 aliphatic heterocycles. The van der Waals surface area contributed by atoms with Gasteiger partial charge in [-0.3, -0.25) is 0 Å². The van der Waals surface area contributed by atoms with Gasteiger partial charge in [0.25, 0.3) is 0 Å². The Morgan fingerprint density at radius 1 is 0.688 bits per heavy atom. The number of aryl methyl sites for hydroxylation is 3. The summed E-state index contributed by atoms with van der Waals surface area (Å²) < 4.78 is 0. The first-order valence-electron chi connectivity index (χ1n) is 6.91. The highest BCUT2D eigenvalue weighted by Gasteiger charge is 1.99. The molecule has 0 saturated heterocycles. The van der Waals surface area contributed by atoms with Crippen LogP contribution < -0.4 is 0 Å². The van der Waals surface area contributed by atoms with E-state index in [4.69, 9.17) is 0 Å². The Morgan fingerprint density at radius 3 is 1.75 bits per heavy atom. The Labute approximate surface area is 101 Å². The van der Waals surface area contributed by atoms with Crippen molar-refractivity contribution >= 4 is 0 Å². The summed E-state index contributed by atoms with van der Waals surface area (Å²) in [7, 11) is 0. The topological polar surface area (TPSA) is 0 Å². The molecule has 0 fully saturated rings. The van der Waals surface area contributed by atoms with E-state index in [9.17, 15) is 0 Å². The van der Waals surface area contributed by atoms with Crippen LogP contribution in [0, 0.1) is 0 Å². The first-order chi connectivity index (χ1) is 7.80. The van der Waals surface area contributed by atoms with Crippen LogP contribution >= 0.6 is 0 Å². The molecule has 0 nitrogen and oxygen atoms in total. The van der Waals surface area contributed by atoms with Crippen LogP contribution in [-0.4, -0.2) is 0 Å². The number of hydrogen-bond acceptors (Lipinski definition) is 0. The van der Waals surface area contributed by atoms with E-state index >= 15 is 0 Å². The first-order valence-corrected chi connectivity index (χ1v) is 6.91. The van der Waals surface area contributed by atoms with Crippen molar-refractivity contribution in [1.29, 1.82) is 0 Å². The van der Waals surface area contributed by atoms with Crippen LogP contribution in [0.3, 0.4) is 0 Å². The molecule has 0 unspecified atom stereocenters. The number of unbranched alkanes of at least 4 members (excludes halogenated alkanes) is 3. The van der Waals surface area contributed by atoms with Crippen molar-refractivity contribution in [3.8, 4) is 0 Å². The quantitative estimate of drug-likeness (QED) is 0.569. The van der Waals surface area contributed by atoms with Gasteiger partial charge >= 0.3 is 0 Å². The van der Waals surface area contributed by atoms with Crippen LogP contribution in [0.5, 0.6) is 0 Å². The molecule has 0 radical (unpaired) electrons. The van der Waals surface area contributed by atoms with Gasteiger partial charge in [-0.05, 0) is 42.4 Å². The van der Waals surface area contributed by atoms with Crippen LogP contribution in [-0.2, 0) is 19.3 Å². The minimum Gasteiger partial charge on any atom is -0.0654 e. The molecule has 0 aliphatic rings. The highest BCUT2D eigenvalue weighted by Crippen LogP contribution is 2.15. The van der Waals surface area contributed by atoms with E-state index in [0.29, 0.717) is 0 Å². The molecule has 1 aromatic carbocycles. The lowest BCUT2D eigenvalue weighted by molar-refractivity contribution is 0.666. The van der Waals surface area contributed by atoms with Gasteiger partial charge < -0.3 is 0 Å². The van der Waals surface area contributed by atoms with Crippen LogP contribution in [0.15, 0.2) is 18.2 Å². The molecule has 0 aromatic heterocycles. The minimum atomic E-state index is 1.16. The second-order valence-electron chi connectivity index (χ2n) is 4.68. The van der Waals surface area contributed by atoms with Gasteiger partial charge in [0.05, 0.1) is 0 Å². The average Bonchev–Trinajstić information content (AvgIpc) is 2.34. The first kappa shape index (κ1) is 13.3. The van der Waals surface area contributed by atoms with Crippen molar-refractivity contribution in [3.63, 3.8) is 0 Å². The van der Waals surface area contributed by atoms with Gasteiger partial charge in [-0.15, -0.1) is 0 Å². The summed E-state index contributed by atoms with van der Waals surface area (Å²) >= 11 is 0. The van der Waals surface area contributed by atoms with Crippen LogP contribution in [0.2, 0.25) is 0 Å². The summed E-state index contributed by atoms with van der Waals surface area (Å²) in [5.41, 5.74) is 4.56. The number of benzene rings is 1. The Bertz CT molecular complexity index is 277. The molecule has 0 saturated carbocycles. The molecule has 0 aliphatic carbocycles. The highest BCUT2D eigenvalue weighted by atomic mass is 14.0. The molecule has 0 spiro atoms. The van der Waals surface area contributed by atoms with Gasteiger partial charge in [0.1, 0.15) is 0 Å². The lowest BCUT2D eigenvalue weighted by atomic mass is 9.99. The summed E-state index contributed by atoms with van der Waals surface area (Å²) in [5, 5.41) is 0. The monoisotopic (exact) mass is 218 g/mol. The van der Waals surface area contributed by atoms with Gasteiger partial charge in [-0.1, -0.05) is 58.2 Å². The molecule has 0 atom stereocenters. The molecule has 16 heavy (non-hydrogen) atoms. The van der Waals surface area contributed by atoms with Crippen molar-refractivity contribution < 1.29 is 0 Å². The second kappa shape index (κ2) is 7.49. The maximum atomic E-state index is 2.39. The molecule has 0 amide bonds. The smallest absolute Gasteiger partial charge is 0.0279 e. The largest absolute Gasteiger partial charge is 0.0654 e. The van der Waals surface area contributed by atoms with E-state index in [-0.39, 0.29) is 0 Å². The van der Waals surface area contributed by atoms with Crippen LogP contribution in [0.4, 0.5) is 0 Å². The summed E-state index contributed by atoms with van der Waals surface area (Å²) in [6.45, 7) is 6.76. The lowest BCUT2D eigenvalue weighted by Crippen LogP contribution is -1.92. The van der Waals surface area contributed by atoms with E-state index in [0.717, 1.165) is 12.8 Å². The zero-order valence-electron chi connectivity index (χ0n) is 11.2. The minimum absolute atomic E-state index is 1.16. The summed E-state index contributed by atoms with van der Waals surface area (Å²) in [4.78, 5) is 0. The van der Waals surface area contributed by atoms with E-state index in [1.807, 2.05) is 0 Å². The van der Waals surface area contributed by atoms with E-state index in [1.165, 1.54) is 43.2 Å². The zero-order chi connectivity index (χ0) is 11.8. The molecule has 1 rings (SSSR count). The fourth-order valence-electron chi connectivity index (χ4n) is 2.15. The van der Waals surface area contributed by atoms with Gasteiger partial charge in [-0.2, -0.15) is 0 Å². The Hall–Kier alpha value is -0.780. The molecule has 0 heterocycles. The summed E-state index contributed by atoms with van der Waals surface area (Å²) in [5.74, 6) is 0. The fourth-order valence-corrected chi connectivity index (χ4v) is 2.15. The van der Waals surface area contributed by atoms with E-state index < -0.39 is 0 Å². The Kier molecular flexibility index (Phi) is 6.22. The molecule has 90 valence electrons. The Morgan fingerprint density at radius 2 is 1.25 bits per heavy atom. The third kappa shape index (κ3) is 4.38. The second-order valence-corrected chi connectivity index (χ2v) is 4.68. The van der Waals surface area contributed by atoms with Crippen molar-refractivity contribution in [2.45, 2.75) is 65.7 Å². The van der Waals surface area contributed by atoms with Crippen LogP contribution in [0.25, 0.3) is 0 Å². The molecule has 0 bridgehead atoms. The highest BCUT2D eigenvalue weighted by molar-refractivity contribution is 5.30. The fraction of sp³-hybridized carbons (Fsp3) is 0.625. The van der Waals surface area contributed by atoms with Crippen molar-refractivity contribution in [1.82, 2.24) is 0 Å². The standard InChI is InChI=1S/C16H26/c1-4-7-8-9-10-16-12-14(5-2)11-15(6-3)13-16/h11-13H,4-10H2,1-3H3. The van der Waals surface area contributed by atoms with E-state index in [2.05, 4.69) is 39.0 Å². The molecular weight excluding hydrogens is 192 g/mol. The SMILES string of the molecule is CCCCCCc1cc(CC)cc(CC)c1. The predicted molar refractivity (Wildman–Crippen MR) is 73.0 cm³/mol. The normalized spacial score (nSPS) is 10.7. The molecule has 0 N–H and O–H groups in total. The third-order valence-corrected chi connectivity index (χ3v) is 3.25. The predicted octanol–water partition coefficient (Wildman–Crippen LogP) is 4.93. The summed E-state index contributed by atoms with van der Waals surface area (Å²) in [6.07, 6.45) is 9.04. The van der Waals surface area contributed by atoms with E-state index in [1.54, 1.807) is 5.56 Å². The molecule has 0 heteroatoms. The lowest BCUT2D eigenvalue weighted by Gasteiger charge is -2.07. The zero-order valence-corrected chi connectivity index (χ0v) is 11.2. The summed E-state index contributed by atoms with van der Waals surface area (Å²) in [6, 6.07) is 7.14. The number of hydrogen-bond donors (Lipinski definition) is 0. The van der Waals surface area contributed by atoms with Crippen LogP contribution in [0.1, 0.15) is 63.1 Å². The van der Waals surface area contributed by atoms with Gasteiger partial charge in [0.15, 0.2) is 0 Å². The molecule has 1 aromatic rings. The van der Waals surface area contributed by atoms with Crippen molar-refractivity contribution in [2.24, 2.45) is 0 Å². The maximum absolute atomic E-state index is 2.39. The van der Waals surface area contributed by atoms with Gasteiger partial charge in [-0.25, -0.2) is 0 Å².